The number of aryl methyl sites for hydroxylation is 1. The van der Waals surface area contributed by atoms with Gasteiger partial charge in [0.05, 0.1) is 6.54 Å². The third-order valence-corrected chi connectivity index (χ3v) is 3.13. The molecule has 96 valence electrons. The van der Waals surface area contributed by atoms with Crippen molar-refractivity contribution in [3.8, 4) is 0 Å². The molecule has 0 spiro atoms. The first-order valence-electron chi connectivity index (χ1n) is 6.48. The van der Waals surface area contributed by atoms with Crippen LogP contribution in [0.3, 0.4) is 0 Å². The quantitative estimate of drug-likeness (QED) is 0.794. The lowest BCUT2D eigenvalue weighted by Gasteiger charge is -2.06. The Morgan fingerprint density at radius 1 is 1.39 bits per heavy atom. The molecule has 0 aliphatic heterocycles. The summed E-state index contributed by atoms with van der Waals surface area (Å²) in [5.74, 6) is 0.142. The van der Waals surface area contributed by atoms with Gasteiger partial charge in [-0.1, -0.05) is 26.8 Å². The molecule has 2 N–H and O–H groups in total. The van der Waals surface area contributed by atoms with Crippen molar-refractivity contribution in [1.82, 2.24) is 10.3 Å². The van der Waals surface area contributed by atoms with Gasteiger partial charge in [-0.15, -0.1) is 0 Å². The zero-order valence-electron chi connectivity index (χ0n) is 11.2. The van der Waals surface area contributed by atoms with Crippen LogP contribution in [0.2, 0.25) is 0 Å². The van der Waals surface area contributed by atoms with Crippen LogP contribution < -0.4 is 5.32 Å². The summed E-state index contributed by atoms with van der Waals surface area (Å²) in [7, 11) is 0. The number of fused-ring (bicyclic) bond motifs is 1. The largest absolute Gasteiger partial charge is 0.360 e. The fraction of sp³-hybridized carbons (Fsp3) is 0.400. The lowest BCUT2D eigenvalue weighted by atomic mass is 10.1. The molecular weight excluding hydrogens is 224 g/mol. The van der Waals surface area contributed by atoms with E-state index >= 15 is 0 Å². The van der Waals surface area contributed by atoms with Gasteiger partial charge >= 0.3 is 0 Å². The number of aromatic nitrogens is 1. The van der Waals surface area contributed by atoms with Crippen LogP contribution in [0.15, 0.2) is 24.4 Å². The second-order valence-corrected chi connectivity index (χ2v) is 4.89. The number of hydrogen-bond acceptors (Lipinski definition) is 2. The fourth-order valence-electron chi connectivity index (χ4n) is 2.01. The highest BCUT2D eigenvalue weighted by Crippen LogP contribution is 2.20. The first-order valence-corrected chi connectivity index (χ1v) is 6.48. The molecule has 1 aromatic heterocycles. The number of hydrogen-bond donors (Lipinski definition) is 2. The maximum atomic E-state index is 12.1. The molecule has 1 aromatic carbocycles. The van der Waals surface area contributed by atoms with Gasteiger partial charge in [-0.3, -0.25) is 4.79 Å². The normalized spacial score (nSPS) is 11.3. The van der Waals surface area contributed by atoms with Crippen LogP contribution in [0.4, 0.5) is 0 Å². The Morgan fingerprint density at radius 3 is 2.83 bits per heavy atom. The van der Waals surface area contributed by atoms with Crippen molar-refractivity contribution in [2.24, 2.45) is 0 Å². The summed E-state index contributed by atoms with van der Waals surface area (Å²) < 4.78 is 0. The highest BCUT2D eigenvalue weighted by Gasteiger charge is 2.12. The third-order valence-electron chi connectivity index (χ3n) is 3.13. The summed E-state index contributed by atoms with van der Waals surface area (Å²) in [5.41, 5.74) is 3.07. The molecule has 0 unspecified atom stereocenters. The molecule has 0 radical (unpaired) electrons. The molecule has 0 amide bonds. The van der Waals surface area contributed by atoms with Crippen molar-refractivity contribution < 1.29 is 4.79 Å². The minimum absolute atomic E-state index is 0.142. The van der Waals surface area contributed by atoms with E-state index in [1.165, 1.54) is 5.56 Å². The molecule has 0 saturated heterocycles. The Hall–Kier alpha value is -1.61. The average molecular weight is 244 g/mol. The Balaban J connectivity index is 2.29. The molecular formula is C15H20N2O. The molecule has 0 fully saturated rings. The molecule has 3 nitrogen and oxygen atoms in total. The number of rotatable bonds is 5. The first kappa shape index (κ1) is 12.8. The van der Waals surface area contributed by atoms with Gasteiger partial charge in [0.25, 0.3) is 0 Å². The van der Waals surface area contributed by atoms with Gasteiger partial charge in [-0.05, 0) is 24.1 Å². The van der Waals surface area contributed by atoms with E-state index in [0.717, 1.165) is 22.9 Å². The van der Waals surface area contributed by atoms with Crippen molar-refractivity contribution in [3.05, 3.63) is 35.5 Å². The standard InChI is InChI=1S/C15H20N2O/c1-4-11-5-6-14-12(7-11)13(8-17-14)15(18)9-16-10(2)3/h5-8,10,16-17H,4,9H2,1-3H3. The van der Waals surface area contributed by atoms with Gasteiger partial charge in [-0.25, -0.2) is 0 Å². The van der Waals surface area contributed by atoms with Gasteiger partial charge in [0, 0.05) is 28.7 Å². The van der Waals surface area contributed by atoms with Crippen molar-refractivity contribution in [1.29, 1.82) is 0 Å². The zero-order chi connectivity index (χ0) is 13.1. The summed E-state index contributed by atoms with van der Waals surface area (Å²) in [6.07, 6.45) is 2.80. The van der Waals surface area contributed by atoms with Crippen molar-refractivity contribution >= 4 is 16.7 Å². The summed E-state index contributed by atoms with van der Waals surface area (Å²) in [4.78, 5) is 15.3. The molecule has 0 aliphatic rings. The van der Waals surface area contributed by atoms with Gasteiger partial charge in [0.2, 0.25) is 0 Å². The predicted octanol–water partition coefficient (Wildman–Crippen LogP) is 2.91. The van der Waals surface area contributed by atoms with Crippen LogP contribution in [-0.4, -0.2) is 23.4 Å². The smallest absolute Gasteiger partial charge is 0.178 e. The summed E-state index contributed by atoms with van der Waals surface area (Å²) in [5, 5.41) is 4.20. The number of benzene rings is 1. The van der Waals surface area contributed by atoms with E-state index in [9.17, 15) is 4.79 Å². The Morgan fingerprint density at radius 2 is 2.17 bits per heavy atom. The topological polar surface area (TPSA) is 44.9 Å². The number of carbonyl (C=O) groups is 1. The van der Waals surface area contributed by atoms with E-state index in [4.69, 9.17) is 0 Å². The predicted molar refractivity (Wildman–Crippen MR) is 75.1 cm³/mol. The summed E-state index contributed by atoms with van der Waals surface area (Å²) in [6, 6.07) is 6.57. The lowest BCUT2D eigenvalue weighted by Crippen LogP contribution is -2.29. The Kier molecular flexibility index (Phi) is 3.82. The molecule has 1 heterocycles. The number of H-pyrrole nitrogens is 1. The van der Waals surface area contributed by atoms with Crippen LogP contribution in [0.1, 0.15) is 36.7 Å². The number of nitrogens with one attached hydrogen (secondary N) is 2. The fourth-order valence-corrected chi connectivity index (χ4v) is 2.01. The average Bonchev–Trinajstić information content (AvgIpc) is 2.78. The summed E-state index contributed by atoms with van der Waals surface area (Å²) >= 11 is 0. The number of ketones is 1. The minimum Gasteiger partial charge on any atom is -0.360 e. The van der Waals surface area contributed by atoms with E-state index in [2.05, 4.69) is 29.4 Å². The molecule has 2 aromatic rings. The molecule has 0 bridgehead atoms. The molecule has 0 aliphatic carbocycles. The van der Waals surface area contributed by atoms with Crippen LogP contribution in [0, 0.1) is 0 Å². The SMILES string of the molecule is CCc1ccc2[nH]cc(C(=O)CNC(C)C)c2c1. The van der Waals surface area contributed by atoms with Crippen molar-refractivity contribution in [3.63, 3.8) is 0 Å². The number of aromatic amines is 1. The third kappa shape index (κ3) is 2.62. The van der Waals surface area contributed by atoms with Crippen LogP contribution >= 0.6 is 0 Å². The Labute approximate surface area is 108 Å². The number of carbonyl (C=O) groups excluding carboxylic acids is 1. The molecule has 0 saturated carbocycles. The second-order valence-electron chi connectivity index (χ2n) is 4.89. The Bertz CT molecular complexity index is 555. The van der Waals surface area contributed by atoms with Gasteiger partial charge in [0.1, 0.15) is 0 Å². The number of Topliss-reactive ketones (excluding diaryl/α,β-unsaturated/α-hetero) is 1. The van der Waals surface area contributed by atoms with E-state index < -0.39 is 0 Å². The van der Waals surface area contributed by atoms with Crippen LogP contribution in [0.25, 0.3) is 10.9 Å². The molecule has 3 heteroatoms. The molecule has 2 rings (SSSR count). The maximum absolute atomic E-state index is 12.1. The minimum atomic E-state index is 0.142. The monoisotopic (exact) mass is 244 g/mol. The van der Waals surface area contributed by atoms with E-state index in [-0.39, 0.29) is 5.78 Å². The van der Waals surface area contributed by atoms with Gasteiger partial charge in [-0.2, -0.15) is 0 Å². The first-order chi connectivity index (χ1) is 8.61. The highest BCUT2D eigenvalue weighted by atomic mass is 16.1. The van der Waals surface area contributed by atoms with E-state index in [0.29, 0.717) is 12.6 Å². The zero-order valence-corrected chi connectivity index (χ0v) is 11.2. The molecule has 18 heavy (non-hydrogen) atoms. The maximum Gasteiger partial charge on any atom is 0.178 e. The van der Waals surface area contributed by atoms with Gasteiger partial charge < -0.3 is 10.3 Å². The molecule has 0 atom stereocenters. The van der Waals surface area contributed by atoms with Crippen LogP contribution in [0.5, 0.6) is 0 Å². The van der Waals surface area contributed by atoms with Gasteiger partial charge in [0.15, 0.2) is 5.78 Å². The lowest BCUT2D eigenvalue weighted by molar-refractivity contribution is 0.0990. The van der Waals surface area contributed by atoms with E-state index in [1.54, 1.807) is 0 Å². The van der Waals surface area contributed by atoms with E-state index in [1.807, 2.05) is 26.1 Å². The van der Waals surface area contributed by atoms with Crippen molar-refractivity contribution in [2.45, 2.75) is 33.2 Å². The second kappa shape index (κ2) is 5.36. The summed E-state index contributed by atoms with van der Waals surface area (Å²) in [6.45, 7) is 6.59. The van der Waals surface area contributed by atoms with Crippen LogP contribution in [-0.2, 0) is 6.42 Å². The van der Waals surface area contributed by atoms with Crippen molar-refractivity contribution in [2.75, 3.05) is 6.54 Å². The highest BCUT2D eigenvalue weighted by molar-refractivity contribution is 6.08.